The minimum atomic E-state index is -0.574. The van der Waals surface area contributed by atoms with E-state index in [9.17, 15) is 5.11 Å². The van der Waals surface area contributed by atoms with Crippen molar-refractivity contribution >= 4 is 0 Å². The van der Waals surface area contributed by atoms with Crippen molar-refractivity contribution in [3.63, 3.8) is 0 Å². The number of aromatic nitrogens is 2. The summed E-state index contributed by atoms with van der Waals surface area (Å²) < 4.78 is 10.6. The van der Waals surface area contributed by atoms with Crippen LogP contribution in [0.3, 0.4) is 0 Å². The van der Waals surface area contributed by atoms with Gasteiger partial charge in [0.05, 0.1) is 6.10 Å². The summed E-state index contributed by atoms with van der Waals surface area (Å²) in [5.74, 6) is 1.73. The molecule has 2 aromatic rings. The topological polar surface area (TPSA) is 68.4 Å². The molecule has 5 nitrogen and oxygen atoms in total. The van der Waals surface area contributed by atoms with Gasteiger partial charge in [-0.05, 0) is 13.0 Å². The van der Waals surface area contributed by atoms with Crippen molar-refractivity contribution in [3.8, 4) is 5.75 Å². The van der Waals surface area contributed by atoms with E-state index in [-0.39, 0.29) is 6.61 Å². The van der Waals surface area contributed by atoms with Gasteiger partial charge in [-0.15, -0.1) is 0 Å². The first-order valence-electron chi connectivity index (χ1n) is 5.92. The number of aliphatic hydroxyl groups is 1. The average molecular weight is 248 g/mol. The zero-order valence-electron chi connectivity index (χ0n) is 10.5. The third kappa shape index (κ3) is 2.87. The number of para-hydroxylation sites is 1. The van der Waals surface area contributed by atoms with Crippen LogP contribution in [0.2, 0.25) is 0 Å². The van der Waals surface area contributed by atoms with Crippen LogP contribution in [-0.4, -0.2) is 15.2 Å². The molecule has 1 aromatic heterocycles. The van der Waals surface area contributed by atoms with E-state index in [1.165, 1.54) is 0 Å². The van der Waals surface area contributed by atoms with Gasteiger partial charge >= 0.3 is 0 Å². The molecule has 0 aliphatic carbocycles. The quantitative estimate of drug-likeness (QED) is 0.879. The first-order valence-corrected chi connectivity index (χ1v) is 5.92. The van der Waals surface area contributed by atoms with E-state index >= 15 is 0 Å². The second kappa shape index (κ2) is 5.64. The fourth-order valence-corrected chi connectivity index (χ4v) is 1.59. The minimum absolute atomic E-state index is 0.205. The monoisotopic (exact) mass is 248 g/mol. The highest BCUT2D eigenvalue weighted by Crippen LogP contribution is 2.25. The van der Waals surface area contributed by atoms with Crippen molar-refractivity contribution in [1.82, 2.24) is 10.1 Å². The molecule has 0 fully saturated rings. The van der Waals surface area contributed by atoms with Crippen molar-refractivity contribution in [2.75, 3.05) is 0 Å². The molecular formula is C13H16N2O3. The molecule has 0 radical (unpaired) electrons. The standard InChI is InChI=1S/C13H16N2O3/c1-3-12-14-13(18-15-12)8-17-11-7-5-4-6-10(11)9(2)16/h4-7,9,16H,3,8H2,1-2H3. The number of hydrogen-bond acceptors (Lipinski definition) is 5. The fraction of sp³-hybridized carbons (Fsp3) is 0.385. The molecule has 0 spiro atoms. The summed E-state index contributed by atoms with van der Waals surface area (Å²) in [6.45, 7) is 3.86. The zero-order chi connectivity index (χ0) is 13.0. The number of ether oxygens (including phenoxy) is 1. The summed E-state index contributed by atoms with van der Waals surface area (Å²) in [5, 5.41) is 13.4. The van der Waals surface area contributed by atoms with Crippen LogP contribution in [0.15, 0.2) is 28.8 Å². The van der Waals surface area contributed by atoms with Gasteiger partial charge in [0, 0.05) is 12.0 Å². The van der Waals surface area contributed by atoms with E-state index in [1.807, 2.05) is 25.1 Å². The molecule has 0 aliphatic heterocycles. The molecule has 0 amide bonds. The van der Waals surface area contributed by atoms with Crippen LogP contribution in [0.1, 0.15) is 37.2 Å². The molecule has 18 heavy (non-hydrogen) atoms. The lowest BCUT2D eigenvalue weighted by Crippen LogP contribution is -2.01. The predicted molar refractivity (Wildman–Crippen MR) is 65.1 cm³/mol. The van der Waals surface area contributed by atoms with Gasteiger partial charge < -0.3 is 14.4 Å². The largest absolute Gasteiger partial charge is 0.483 e. The van der Waals surface area contributed by atoms with Crippen molar-refractivity contribution in [2.45, 2.75) is 33.0 Å². The van der Waals surface area contributed by atoms with Crippen LogP contribution in [0.5, 0.6) is 5.75 Å². The van der Waals surface area contributed by atoms with E-state index in [2.05, 4.69) is 10.1 Å². The van der Waals surface area contributed by atoms with Gasteiger partial charge in [-0.1, -0.05) is 30.3 Å². The summed E-state index contributed by atoms with van der Waals surface area (Å²) in [6, 6.07) is 7.34. The maximum absolute atomic E-state index is 9.61. The maximum Gasteiger partial charge on any atom is 0.264 e. The van der Waals surface area contributed by atoms with Crippen LogP contribution in [-0.2, 0) is 13.0 Å². The molecule has 1 heterocycles. The average Bonchev–Trinajstić information content (AvgIpc) is 2.84. The Hall–Kier alpha value is -1.88. The van der Waals surface area contributed by atoms with E-state index in [1.54, 1.807) is 13.0 Å². The van der Waals surface area contributed by atoms with Gasteiger partial charge in [0.1, 0.15) is 5.75 Å². The van der Waals surface area contributed by atoms with Crippen molar-refractivity contribution < 1.29 is 14.4 Å². The van der Waals surface area contributed by atoms with Gasteiger partial charge in [0.25, 0.3) is 5.89 Å². The van der Waals surface area contributed by atoms with E-state index in [0.29, 0.717) is 17.5 Å². The Balaban J connectivity index is 2.05. The molecule has 0 saturated carbocycles. The minimum Gasteiger partial charge on any atom is -0.483 e. The molecule has 2 rings (SSSR count). The lowest BCUT2D eigenvalue weighted by Gasteiger charge is -2.11. The maximum atomic E-state index is 9.61. The molecular weight excluding hydrogens is 232 g/mol. The Kier molecular flexibility index (Phi) is 3.94. The first-order chi connectivity index (χ1) is 8.70. The highest BCUT2D eigenvalue weighted by molar-refractivity contribution is 5.34. The smallest absolute Gasteiger partial charge is 0.264 e. The number of aliphatic hydroxyl groups excluding tert-OH is 1. The second-order valence-corrected chi connectivity index (χ2v) is 3.96. The van der Waals surface area contributed by atoms with E-state index < -0.39 is 6.10 Å². The Morgan fingerprint density at radius 3 is 2.83 bits per heavy atom. The number of nitrogens with zero attached hydrogens (tertiary/aromatic N) is 2. The normalized spacial score (nSPS) is 12.4. The van der Waals surface area contributed by atoms with Gasteiger partial charge in [-0.25, -0.2) is 0 Å². The van der Waals surface area contributed by atoms with Crippen molar-refractivity contribution in [1.29, 1.82) is 0 Å². The summed E-state index contributed by atoms with van der Waals surface area (Å²) >= 11 is 0. The zero-order valence-corrected chi connectivity index (χ0v) is 10.5. The third-order valence-electron chi connectivity index (χ3n) is 2.55. The van der Waals surface area contributed by atoms with Crippen LogP contribution in [0, 0.1) is 0 Å². The van der Waals surface area contributed by atoms with Crippen LogP contribution >= 0.6 is 0 Å². The Morgan fingerprint density at radius 1 is 1.39 bits per heavy atom. The SMILES string of the molecule is CCc1noc(COc2ccccc2C(C)O)n1. The van der Waals surface area contributed by atoms with Crippen molar-refractivity contribution in [3.05, 3.63) is 41.5 Å². The summed E-state index contributed by atoms with van der Waals surface area (Å²) in [5.41, 5.74) is 0.743. The Bertz CT molecular complexity index is 508. The highest BCUT2D eigenvalue weighted by Gasteiger charge is 2.10. The van der Waals surface area contributed by atoms with E-state index in [4.69, 9.17) is 9.26 Å². The van der Waals surface area contributed by atoms with Gasteiger partial charge in [0.2, 0.25) is 0 Å². The van der Waals surface area contributed by atoms with Crippen LogP contribution in [0.4, 0.5) is 0 Å². The Labute approximate surface area is 105 Å². The number of benzene rings is 1. The van der Waals surface area contributed by atoms with Crippen LogP contribution < -0.4 is 4.74 Å². The number of rotatable bonds is 5. The second-order valence-electron chi connectivity index (χ2n) is 3.96. The number of hydrogen-bond donors (Lipinski definition) is 1. The number of aryl methyl sites for hydroxylation is 1. The highest BCUT2D eigenvalue weighted by atomic mass is 16.5. The van der Waals surface area contributed by atoms with Gasteiger partial charge in [-0.3, -0.25) is 0 Å². The molecule has 1 unspecified atom stereocenters. The summed E-state index contributed by atoms with van der Waals surface area (Å²) in [4.78, 5) is 4.15. The lowest BCUT2D eigenvalue weighted by molar-refractivity contribution is 0.185. The van der Waals surface area contributed by atoms with Crippen LogP contribution in [0.25, 0.3) is 0 Å². The molecule has 1 N–H and O–H groups in total. The molecule has 0 aliphatic rings. The molecule has 5 heteroatoms. The summed E-state index contributed by atoms with van der Waals surface area (Å²) in [7, 11) is 0. The fourth-order valence-electron chi connectivity index (χ4n) is 1.59. The third-order valence-corrected chi connectivity index (χ3v) is 2.55. The molecule has 1 aromatic carbocycles. The molecule has 0 bridgehead atoms. The van der Waals surface area contributed by atoms with E-state index in [0.717, 1.165) is 12.0 Å². The lowest BCUT2D eigenvalue weighted by atomic mass is 10.1. The first kappa shape index (κ1) is 12.6. The van der Waals surface area contributed by atoms with Crippen molar-refractivity contribution in [2.24, 2.45) is 0 Å². The molecule has 0 saturated heterocycles. The van der Waals surface area contributed by atoms with Gasteiger partial charge in [0.15, 0.2) is 12.4 Å². The molecule has 1 atom stereocenters. The summed E-state index contributed by atoms with van der Waals surface area (Å²) in [6.07, 6.45) is 0.156. The Morgan fingerprint density at radius 2 is 2.17 bits per heavy atom. The van der Waals surface area contributed by atoms with Gasteiger partial charge in [-0.2, -0.15) is 4.98 Å². The molecule has 96 valence electrons. The predicted octanol–water partition coefficient (Wildman–Crippen LogP) is 2.26.